The third-order valence-electron chi connectivity index (χ3n) is 7.50. The van der Waals surface area contributed by atoms with Crippen molar-refractivity contribution in [2.45, 2.75) is 64.5 Å². The van der Waals surface area contributed by atoms with Crippen LogP contribution >= 0.6 is 11.8 Å². The van der Waals surface area contributed by atoms with Gasteiger partial charge in [0.15, 0.2) is 0 Å². The number of carbonyl (C=O) groups excluding carboxylic acids is 3. The fourth-order valence-corrected chi connectivity index (χ4v) is 5.78. The van der Waals surface area contributed by atoms with Crippen LogP contribution in [-0.4, -0.2) is 66.1 Å². The van der Waals surface area contributed by atoms with Gasteiger partial charge in [0.1, 0.15) is 11.5 Å². The summed E-state index contributed by atoms with van der Waals surface area (Å²) in [5.74, 6) is 1.55. The van der Waals surface area contributed by atoms with E-state index in [0.717, 1.165) is 36.3 Å². The fourth-order valence-electron chi connectivity index (χ4n) is 4.96. The highest BCUT2D eigenvalue weighted by atomic mass is 32.2. The number of amides is 3. The smallest absolute Gasteiger partial charge is 0.256 e. The maximum Gasteiger partial charge on any atom is 0.256 e. The average molecular weight is 543 g/mol. The van der Waals surface area contributed by atoms with Gasteiger partial charge < -0.3 is 24.7 Å². The number of hydrogen-bond donors (Lipinski definition) is 2. The summed E-state index contributed by atoms with van der Waals surface area (Å²) in [5.41, 5.74) is 1.89. The zero-order valence-electron chi connectivity index (χ0n) is 22.6. The van der Waals surface area contributed by atoms with Crippen LogP contribution < -0.4 is 15.4 Å². The lowest BCUT2D eigenvalue weighted by Crippen LogP contribution is -2.50. The minimum absolute atomic E-state index is 0.0329. The zero-order chi connectivity index (χ0) is 27.1. The van der Waals surface area contributed by atoms with E-state index in [1.54, 1.807) is 6.07 Å². The Hall–Kier alpha value is -3.01. The van der Waals surface area contributed by atoms with Crippen LogP contribution in [0.5, 0.6) is 5.75 Å². The van der Waals surface area contributed by atoms with Crippen LogP contribution in [0.3, 0.4) is 0 Å². The number of aromatic nitrogens is 1. The third-order valence-corrected chi connectivity index (χ3v) is 8.31. The van der Waals surface area contributed by atoms with Gasteiger partial charge in [-0.2, -0.15) is 0 Å². The van der Waals surface area contributed by atoms with Gasteiger partial charge in [0.25, 0.3) is 11.1 Å². The summed E-state index contributed by atoms with van der Waals surface area (Å²) in [4.78, 5) is 45.2. The third kappa shape index (κ3) is 6.89. The van der Waals surface area contributed by atoms with Crippen molar-refractivity contribution in [3.63, 3.8) is 0 Å². The lowest BCUT2D eigenvalue weighted by molar-refractivity contribution is -0.139. The lowest BCUT2D eigenvalue weighted by Gasteiger charge is -2.41. The van der Waals surface area contributed by atoms with Gasteiger partial charge in [0.2, 0.25) is 11.8 Å². The van der Waals surface area contributed by atoms with Crippen LogP contribution in [0.1, 0.15) is 65.9 Å². The molecule has 3 amide bonds. The fraction of sp³-hybridized carbons (Fsp3) is 0.571. The Bertz CT molecular complexity index is 1140. The normalized spacial score (nSPS) is 19.0. The van der Waals surface area contributed by atoms with Gasteiger partial charge in [-0.3, -0.25) is 14.4 Å². The van der Waals surface area contributed by atoms with Crippen molar-refractivity contribution in [2.24, 2.45) is 5.41 Å². The Kier molecular flexibility index (Phi) is 9.35. The van der Waals surface area contributed by atoms with Crippen LogP contribution in [-0.2, 0) is 9.59 Å². The second-order valence-corrected chi connectivity index (χ2v) is 11.2. The van der Waals surface area contributed by atoms with E-state index in [1.807, 2.05) is 37.8 Å². The molecule has 2 N–H and O–H groups in total. The number of benzene rings is 1. The van der Waals surface area contributed by atoms with E-state index in [2.05, 4.69) is 15.6 Å². The largest absolute Gasteiger partial charge is 0.493 e. The molecular weight excluding hydrogens is 504 g/mol. The average Bonchev–Trinajstić information content (AvgIpc) is 3.23. The maximum absolute atomic E-state index is 13.4. The number of piperidine rings is 1. The number of rotatable bonds is 3. The van der Waals surface area contributed by atoms with Crippen molar-refractivity contribution in [1.29, 1.82) is 0 Å². The van der Waals surface area contributed by atoms with Crippen molar-refractivity contribution >= 4 is 29.5 Å². The second-order valence-electron chi connectivity index (χ2n) is 10.2. The molecule has 1 aromatic heterocycles. The maximum atomic E-state index is 13.4. The molecule has 0 bridgehead atoms. The molecule has 0 aliphatic carbocycles. The summed E-state index contributed by atoms with van der Waals surface area (Å²) in [6.45, 7) is 8.24. The van der Waals surface area contributed by atoms with Gasteiger partial charge in [-0.25, -0.2) is 4.98 Å². The van der Waals surface area contributed by atoms with E-state index >= 15 is 0 Å². The first-order valence-corrected chi connectivity index (χ1v) is 14.4. The van der Waals surface area contributed by atoms with Crippen LogP contribution in [0.25, 0.3) is 0 Å². The number of likely N-dealkylation sites (tertiary alicyclic amines) is 1. The Labute approximate surface area is 228 Å². The van der Waals surface area contributed by atoms with Crippen molar-refractivity contribution < 1.29 is 23.5 Å². The van der Waals surface area contributed by atoms with Crippen LogP contribution in [0.2, 0.25) is 0 Å². The monoisotopic (exact) mass is 542 g/mol. The quantitative estimate of drug-likeness (QED) is 0.567. The molecule has 0 atom stereocenters. The minimum Gasteiger partial charge on any atom is -0.493 e. The number of fused-ring (bicyclic) bond motifs is 1. The van der Waals surface area contributed by atoms with E-state index in [-0.39, 0.29) is 23.5 Å². The number of nitrogens with one attached hydrogen (secondary N) is 2. The van der Waals surface area contributed by atoms with E-state index < -0.39 is 5.41 Å². The topological polar surface area (TPSA) is 114 Å². The van der Waals surface area contributed by atoms with Crippen molar-refractivity contribution in [3.8, 4) is 5.75 Å². The summed E-state index contributed by atoms with van der Waals surface area (Å²) in [5, 5.41) is 6.63. The van der Waals surface area contributed by atoms with Crippen molar-refractivity contribution in [2.75, 3.05) is 38.5 Å². The molecule has 0 saturated carbocycles. The zero-order valence-corrected chi connectivity index (χ0v) is 23.4. The van der Waals surface area contributed by atoms with Crippen LogP contribution in [0.4, 0.5) is 0 Å². The van der Waals surface area contributed by atoms with Gasteiger partial charge >= 0.3 is 0 Å². The summed E-state index contributed by atoms with van der Waals surface area (Å²) in [7, 11) is 0. The van der Waals surface area contributed by atoms with Gasteiger partial charge in [-0.15, -0.1) is 0 Å². The van der Waals surface area contributed by atoms with Gasteiger partial charge in [-0.1, -0.05) is 24.2 Å². The van der Waals surface area contributed by atoms with Crippen LogP contribution in [0, 0.1) is 26.2 Å². The number of oxazole rings is 1. The van der Waals surface area contributed by atoms with Crippen molar-refractivity contribution in [1.82, 2.24) is 20.5 Å². The second kappa shape index (κ2) is 12.7. The first kappa shape index (κ1) is 28.0. The number of thioether (sulfide) groups is 1. The SMILES string of the molecule is Cc1ccc2c(c1)OCCCNC(=O)C1(CCCCNC2=O)CCN(C(=O)CSc2nc(C)c(C)o2)CC1. The molecule has 1 saturated heterocycles. The molecule has 206 valence electrons. The Balaban J connectivity index is 1.34. The molecule has 2 aliphatic heterocycles. The molecule has 1 aromatic carbocycles. The highest BCUT2D eigenvalue weighted by molar-refractivity contribution is 7.99. The molecule has 10 heteroatoms. The molecule has 9 nitrogen and oxygen atoms in total. The molecule has 1 fully saturated rings. The standard InChI is InChI=1S/C28H38N4O5S/c1-19-7-8-22-23(17-19)36-16-6-13-30-26(35)28(9-4-5-12-29-25(22)34)10-14-32(15-11-28)24(33)18-38-27-31-20(2)21(3)37-27/h7-8,17H,4-6,9-16,18H2,1-3H3,(H,29,34)(H,30,35). The molecule has 1 spiro atoms. The molecule has 0 unspecified atom stereocenters. The Morgan fingerprint density at radius 2 is 1.82 bits per heavy atom. The lowest BCUT2D eigenvalue weighted by atomic mass is 9.73. The first-order chi connectivity index (χ1) is 18.3. The Morgan fingerprint density at radius 3 is 2.55 bits per heavy atom. The Morgan fingerprint density at radius 1 is 1.05 bits per heavy atom. The number of nitrogens with zero attached hydrogens (tertiary/aromatic N) is 2. The highest BCUT2D eigenvalue weighted by Gasteiger charge is 2.41. The van der Waals surface area contributed by atoms with Gasteiger partial charge in [0, 0.05) is 26.2 Å². The molecule has 2 aromatic rings. The van der Waals surface area contributed by atoms with E-state index in [0.29, 0.717) is 68.6 Å². The summed E-state index contributed by atoms with van der Waals surface area (Å²) in [6, 6.07) is 5.59. The predicted octanol–water partition coefficient (Wildman–Crippen LogP) is 3.80. The molecule has 3 heterocycles. The summed E-state index contributed by atoms with van der Waals surface area (Å²) < 4.78 is 11.5. The van der Waals surface area contributed by atoms with Crippen LogP contribution in [0.15, 0.2) is 27.8 Å². The molecule has 2 aliphatic rings. The number of aryl methyl sites for hydroxylation is 3. The first-order valence-electron chi connectivity index (χ1n) is 13.4. The molecule has 0 radical (unpaired) electrons. The predicted molar refractivity (Wildman–Crippen MR) is 145 cm³/mol. The number of hydrogen-bond acceptors (Lipinski definition) is 7. The van der Waals surface area contributed by atoms with E-state index in [1.165, 1.54) is 11.8 Å². The van der Waals surface area contributed by atoms with Gasteiger partial charge in [-0.05, 0) is 70.6 Å². The van der Waals surface area contributed by atoms with Crippen molar-refractivity contribution in [3.05, 3.63) is 40.8 Å². The molecule has 4 rings (SSSR count). The van der Waals surface area contributed by atoms with Gasteiger partial charge in [0.05, 0.1) is 29.0 Å². The minimum atomic E-state index is -0.508. The van der Waals surface area contributed by atoms with E-state index in [9.17, 15) is 14.4 Å². The molecule has 38 heavy (non-hydrogen) atoms. The summed E-state index contributed by atoms with van der Waals surface area (Å²) >= 11 is 1.31. The summed E-state index contributed by atoms with van der Waals surface area (Å²) in [6.07, 6.45) is 4.21. The van der Waals surface area contributed by atoms with E-state index in [4.69, 9.17) is 9.15 Å². The molecular formula is C28H38N4O5S. The number of carbonyl (C=O) groups is 3. The highest BCUT2D eigenvalue weighted by Crippen LogP contribution is 2.37. The number of ether oxygens (including phenoxy) is 1.